The summed E-state index contributed by atoms with van der Waals surface area (Å²) in [7, 11) is 0. The number of fused-ring (bicyclic) bond motifs is 2. The quantitative estimate of drug-likeness (QED) is 0.574. The molecule has 0 saturated heterocycles. The Morgan fingerprint density at radius 2 is 2.00 bits per heavy atom. The van der Waals surface area contributed by atoms with Crippen LogP contribution in [0.5, 0.6) is 0 Å². The van der Waals surface area contributed by atoms with Crippen molar-refractivity contribution in [2.75, 3.05) is 0 Å². The molecule has 0 aromatic heterocycles. The Kier molecular flexibility index (Phi) is 1.42. The van der Waals surface area contributed by atoms with E-state index >= 15 is 0 Å². The summed E-state index contributed by atoms with van der Waals surface area (Å²) < 4.78 is 0. The lowest BCUT2D eigenvalue weighted by Crippen LogP contribution is -2.65. The van der Waals surface area contributed by atoms with Gasteiger partial charge in [0.15, 0.2) is 5.78 Å². The van der Waals surface area contributed by atoms with E-state index in [0.29, 0.717) is 11.5 Å². The van der Waals surface area contributed by atoms with Crippen LogP contribution in [-0.4, -0.2) is 16.5 Å². The molecule has 72 valence electrons. The van der Waals surface area contributed by atoms with E-state index in [1.807, 2.05) is 0 Å². The predicted molar refractivity (Wildman–Crippen MR) is 50.1 cm³/mol. The largest absolute Gasteiger partial charge is 0.382 e. The lowest BCUT2D eigenvalue weighted by Gasteiger charge is -2.62. The third-order valence-electron chi connectivity index (χ3n) is 4.12. The summed E-state index contributed by atoms with van der Waals surface area (Å²) in [4.78, 5) is 11.6. The van der Waals surface area contributed by atoms with Crippen molar-refractivity contribution in [3.05, 3.63) is 12.2 Å². The number of hydrogen-bond acceptors (Lipinski definition) is 2. The Bertz CT molecular complexity index is 299. The van der Waals surface area contributed by atoms with Gasteiger partial charge in [0, 0.05) is 5.92 Å². The second-order valence-corrected chi connectivity index (χ2v) is 5.16. The minimum Gasteiger partial charge on any atom is -0.382 e. The van der Waals surface area contributed by atoms with Crippen LogP contribution in [0, 0.1) is 17.3 Å². The van der Waals surface area contributed by atoms with E-state index in [0.717, 1.165) is 6.42 Å². The highest BCUT2D eigenvalue weighted by Crippen LogP contribution is 2.62. The first-order valence-electron chi connectivity index (χ1n) is 4.75. The Hall–Kier alpha value is -0.630. The molecule has 2 nitrogen and oxygen atoms in total. The maximum atomic E-state index is 11.6. The zero-order chi connectivity index (χ0) is 10.0. The highest BCUT2D eigenvalue weighted by atomic mass is 16.3. The van der Waals surface area contributed by atoms with Gasteiger partial charge in [-0.25, -0.2) is 0 Å². The first-order chi connectivity index (χ1) is 5.79. The number of rotatable bonds is 0. The van der Waals surface area contributed by atoms with Crippen LogP contribution < -0.4 is 0 Å². The number of ketones is 1. The van der Waals surface area contributed by atoms with Crippen LogP contribution >= 0.6 is 0 Å². The third kappa shape index (κ3) is 0.798. The summed E-state index contributed by atoms with van der Waals surface area (Å²) in [5.74, 6) is 0.265. The second-order valence-electron chi connectivity index (χ2n) is 5.16. The van der Waals surface area contributed by atoms with Gasteiger partial charge in [0.25, 0.3) is 0 Å². The average Bonchev–Trinajstić information content (AvgIpc) is 1.98. The van der Waals surface area contributed by atoms with Gasteiger partial charge in [-0.05, 0) is 30.3 Å². The summed E-state index contributed by atoms with van der Waals surface area (Å²) in [5, 5.41) is 10.0. The molecule has 0 aromatic carbocycles. The van der Waals surface area contributed by atoms with Crippen molar-refractivity contribution in [3.63, 3.8) is 0 Å². The Morgan fingerprint density at radius 3 is 2.38 bits per heavy atom. The van der Waals surface area contributed by atoms with Crippen molar-refractivity contribution in [2.24, 2.45) is 17.3 Å². The smallest absolute Gasteiger partial charge is 0.190 e. The summed E-state index contributed by atoms with van der Waals surface area (Å²) in [6.07, 6.45) is 0.921. The van der Waals surface area contributed by atoms with Crippen LogP contribution in [-0.2, 0) is 4.79 Å². The first-order valence-corrected chi connectivity index (χ1v) is 4.75. The molecule has 3 unspecified atom stereocenters. The standard InChI is InChI=1S/C11H16O2/c1-6-7-5-8(10(7,2)3)11(4,13)9(6)12/h7-8,13H,1,5H2,2-4H3. The van der Waals surface area contributed by atoms with Gasteiger partial charge < -0.3 is 5.11 Å². The van der Waals surface area contributed by atoms with Gasteiger partial charge in [-0.3, -0.25) is 4.79 Å². The third-order valence-corrected chi connectivity index (χ3v) is 4.12. The van der Waals surface area contributed by atoms with E-state index < -0.39 is 5.60 Å². The fourth-order valence-corrected chi connectivity index (χ4v) is 3.11. The molecule has 0 radical (unpaired) electrons. The molecular weight excluding hydrogens is 164 g/mol. The molecule has 2 bridgehead atoms. The van der Waals surface area contributed by atoms with Crippen molar-refractivity contribution >= 4 is 5.78 Å². The van der Waals surface area contributed by atoms with Gasteiger partial charge in [0.2, 0.25) is 0 Å². The van der Waals surface area contributed by atoms with E-state index in [-0.39, 0.29) is 17.1 Å². The molecule has 0 aromatic rings. The van der Waals surface area contributed by atoms with E-state index in [1.54, 1.807) is 6.92 Å². The van der Waals surface area contributed by atoms with Crippen LogP contribution in [0.4, 0.5) is 0 Å². The van der Waals surface area contributed by atoms with Gasteiger partial charge in [-0.1, -0.05) is 20.4 Å². The number of carbonyl (C=O) groups excluding carboxylic acids is 1. The molecule has 3 aliphatic rings. The number of Topliss-reactive ketones (excluding diaryl/α,β-unsaturated/α-hetero) is 1. The molecule has 0 aliphatic heterocycles. The highest BCUT2D eigenvalue weighted by molar-refractivity contribution is 6.03. The Balaban J connectivity index is 2.45. The molecule has 0 amide bonds. The Labute approximate surface area is 78.6 Å². The molecule has 3 rings (SSSR count). The van der Waals surface area contributed by atoms with Gasteiger partial charge in [-0.2, -0.15) is 0 Å². The average molecular weight is 180 g/mol. The van der Waals surface area contributed by atoms with Crippen LogP contribution in [0.1, 0.15) is 27.2 Å². The fraction of sp³-hybridized carbons (Fsp3) is 0.727. The molecule has 3 atom stereocenters. The van der Waals surface area contributed by atoms with Gasteiger partial charge in [0.05, 0.1) is 0 Å². The normalized spacial score (nSPS) is 47.4. The number of carbonyl (C=O) groups is 1. The maximum absolute atomic E-state index is 11.6. The van der Waals surface area contributed by atoms with Crippen LogP contribution in [0.3, 0.4) is 0 Å². The fourth-order valence-electron chi connectivity index (χ4n) is 3.11. The van der Waals surface area contributed by atoms with Gasteiger partial charge in [-0.15, -0.1) is 0 Å². The van der Waals surface area contributed by atoms with E-state index in [1.165, 1.54) is 0 Å². The molecule has 2 heteroatoms. The van der Waals surface area contributed by atoms with Crippen LogP contribution in [0.2, 0.25) is 0 Å². The lowest BCUT2D eigenvalue weighted by atomic mass is 9.43. The zero-order valence-electron chi connectivity index (χ0n) is 8.42. The second kappa shape index (κ2) is 2.06. The monoisotopic (exact) mass is 180 g/mol. The molecule has 0 spiro atoms. The molecule has 0 heterocycles. The maximum Gasteiger partial charge on any atom is 0.190 e. The van der Waals surface area contributed by atoms with Crippen molar-refractivity contribution in [1.82, 2.24) is 0 Å². The number of aliphatic hydroxyl groups is 1. The number of hydrogen-bond donors (Lipinski definition) is 1. The van der Waals surface area contributed by atoms with Gasteiger partial charge in [0.1, 0.15) is 5.60 Å². The molecule has 13 heavy (non-hydrogen) atoms. The van der Waals surface area contributed by atoms with Crippen LogP contribution in [0.25, 0.3) is 0 Å². The molecule has 1 N–H and O–H groups in total. The zero-order valence-corrected chi connectivity index (χ0v) is 8.42. The summed E-state index contributed by atoms with van der Waals surface area (Å²) >= 11 is 0. The minimum atomic E-state index is -1.17. The van der Waals surface area contributed by atoms with Crippen LogP contribution in [0.15, 0.2) is 12.2 Å². The molecule has 3 aliphatic carbocycles. The minimum absolute atomic E-state index is 0.0501. The summed E-state index contributed by atoms with van der Waals surface area (Å²) in [6.45, 7) is 9.64. The topological polar surface area (TPSA) is 37.3 Å². The SMILES string of the molecule is C=C1C(=O)C(C)(O)C2CC1C2(C)C. The van der Waals surface area contributed by atoms with Crippen molar-refractivity contribution < 1.29 is 9.90 Å². The predicted octanol–water partition coefficient (Wildman–Crippen LogP) is 1.54. The van der Waals surface area contributed by atoms with E-state index in [9.17, 15) is 9.90 Å². The van der Waals surface area contributed by atoms with E-state index in [4.69, 9.17) is 0 Å². The molecular formula is C11H16O2. The van der Waals surface area contributed by atoms with Crippen molar-refractivity contribution in [3.8, 4) is 0 Å². The molecule has 3 saturated carbocycles. The lowest BCUT2D eigenvalue weighted by molar-refractivity contribution is -0.180. The highest BCUT2D eigenvalue weighted by Gasteiger charge is 2.64. The Morgan fingerprint density at radius 1 is 1.46 bits per heavy atom. The summed E-state index contributed by atoms with van der Waals surface area (Å²) in [6, 6.07) is 0. The van der Waals surface area contributed by atoms with E-state index in [2.05, 4.69) is 20.4 Å². The van der Waals surface area contributed by atoms with Crippen molar-refractivity contribution in [1.29, 1.82) is 0 Å². The van der Waals surface area contributed by atoms with Crippen molar-refractivity contribution in [2.45, 2.75) is 32.8 Å². The first kappa shape index (κ1) is 8.95. The molecule has 3 fully saturated rings. The summed E-state index contributed by atoms with van der Waals surface area (Å²) in [5.41, 5.74) is -0.499. The van der Waals surface area contributed by atoms with Gasteiger partial charge >= 0.3 is 0 Å².